The van der Waals surface area contributed by atoms with Gasteiger partial charge in [-0.05, 0) is 31.4 Å². The molecule has 0 radical (unpaired) electrons. The molecule has 0 unspecified atom stereocenters. The molecule has 1 atom stereocenters. The monoisotopic (exact) mass is 350 g/mol. The fraction of sp³-hybridized carbons (Fsp3) is 0.375. The van der Waals surface area contributed by atoms with Crippen LogP contribution < -0.4 is 5.32 Å². The third kappa shape index (κ3) is 4.17. The summed E-state index contributed by atoms with van der Waals surface area (Å²) in [7, 11) is -2.93. The largest absolute Gasteiger partial charge is 0.326 e. The minimum absolute atomic E-state index is 0.0581. The number of hydrogen-bond donors (Lipinski definition) is 1. The van der Waals surface area contributed by atoms with Gasteiger partial charge >= 0.3 is 0 Å². The van der Waals surface area contributed by atoms with Crippen molar-refractivity contribution in [3.8, 4) is 11.3 Å². The first-order valence-electron chi connectivity index (χ1n) is 7.44. The average molecular weight is 350 g/mol. The number of aryl methyl sites for hydroxylation is 1. The van der Waals surface area contributed by atoms with Crippen molar-refractivity contribution < 1.29 is 13.2 Å². The van der Waals surface area contributed by atoms with Crippen molar-refractivity contribution in [2.75, 3.05) is 16.8 Å². The van der Waals surface area contributed by atoms with Crippen LogP contribution in [0.2, 0.25) is 0 Å². The van der Waals surface area contributed by atoms with E-state index in [1.165, 1.54) is 0 Å². The van der Waals surface area contributed by atoms with E-state index in [0.717, 1.165) is 16.3 Å². The smallest absolute Gasteiger partial charge is 0.224 e. The Kier molecular flexibility index (Phi) is 4.50. The van der Waals surface area contributed by atoms with Crippen LogP contribution in [0.15, 0.2) is 29.6 Å². The number of benzene rings is 1. The lowest BCUT2D eigenvalue weighted by Gasteiger charge is -2.09. The molecule has 23 heavy (non-hydrogen) atoms. The van der Waals surface area contributed by atoms with E-state index < -0.39 is 9.84 Å². The van der Waals surface area contributed by atoms with Crippen LogP contribution in [0.3, 0.4) is 0 Å². The lowest BCUT2D eigenvalue weighted by atomic mass is 10.0. The SMILES string of the molecule is Cc1nc(-c2ccc(NC(=O)C[C@H]3CCS(=O)(=O)C3)cc2)cs1. The Hall–Kier alpha value is -1.73. The van der Waals surface area contributed by atoms with Gasteiger partial charge < -0.3 is 5.32 Å². The molecule has 7 heteroatoms. The second-order valence-corrected chi connectivity index (χ2v) is 9.14. The van der Waals surface area contributed by atoms with Gasteiger partial charge in [-0.15, -0.1) is 11.3 Å². The molecule has 2 heterocycles. The molecule has 1 fully saturated rings. The average Bonchev–Trinajstić information content (AvgIpc) is 3.05. The standard InChI is InChI=1S/C16H18N2O3S2/c1-11-17-15(9-22-11)13-2-4-14(5-3-13)18-16(19)8-12-6-7-23(20,21)10-12/h2-5,9,12H,6-8,10H2,1H3,(H,18,19)/t12-/m1/s1. The van der Waals surface area contributed by atoms with Crippen LogP contribution in [0.5, 0.6) is 0 Å². The van der Waals surface area contributed by atoms with Gasteiger partial charge in [-0.2, -0.15) is 0 Å². The molecule has 1 amide bonds. The van der Waals surface area contributed by atoms with E-state index >= 15 is 0 Å². The molecule has 0 aliphatic carbocycles. The minimum Gasteiger partial charge on any atom is -0.326 e. The Labute approximate surface area is 139 Å². The second kappa shape index (κ2) is 6.41. The number of carbonyl (C=O) groups excluding carboxylic acids is 1. The highest BCUT2D eigenvalue weighted by atomic mass is 32.2. The highest BCUT2D eigenvalue weighted by Crippen LogP contribution is 2.24. The number of sulfone groups is 1. The van der Waals surface area contributed by atoms with Gasteiger partial charge in [0.15, 0.2) is 9.84 Å². The third-order valence-electron chi connectivity index (χ3n) is 3.88. The summed E-state index contributed by atoms with van der Waals surface area (Å²) in [6.45, 7) is 1.96. The molecule has 0 spiro atoms. The Morgan fingerprint density at radius 1 is 1.35 bits per heavy atom. The Balaban J connectivity index is 1.59. The molecule has 2 aromatic rings. The summed E-state index contributed by atoms with van der Waals surface area (Å²) < 4.78 is 22.8. The fourth-order valence-corrected chi connectivity index (χ4v) is 5.21. The second-order valence-electron chi connectivity index (χ2n) is 5.85. The number of thiazole rings is 1. The highest BCUT2D eigenvalue weighted by Gasteiger charge is 2.29. The van der Waals surface area contributed by atoms with Crippen molar-refractivity contribution in [3.63, 3.8) is 0 Å². The number of rotatable bonds is 4. The normalized spacial score (nSPS) is 19.6. The summed E-state index contributed by atoms with van der Waals surface area (Å²) >= 11 is 1.60. The molecule has 0 bridgehead atoms. The number of amides is 1. The van der Waals surface area contributed by atoms with E-state index in [-0.39, 0.29) is 29.8 Å². The fourth-order valence-electron chi connectivity index (χ4n) is 2.73. The summed E-state index contributed by atoms with van der Waals surface area (Å²) in [6, 6.07) is 7.52. The molecule has 1 N–H and O–H groups in total. The number of hydrogen-bond acceptors (Lipinski definition) is 5. The summed E-state index contributed by atoms with van der Waals surface area (Å²) in [5.74, 6) is 0.136. The molecular formula is C16H18N2O3S2. The van der Waals surface area contributed by atoms with Gasteiger partial charge in [0, 0.05) is 23.1 Å². The molecule has 1 aliphatic rings. The number of nitrogens with one attached hydrogen (secondary N) is 1. The zero-order valence-corrected chi connectivity index (χ0v) is 14.4. The van der Waals surface area contributed by atoms with E-state index in [9.17, 15) is 13.2 Å². The van der Waals surface area contributed by atoms with E-state index in [1.807, 2.05) is 36.6 Å². The van der Waals surface area contributed by atoms with E-state index in [2.05, 4.69) is 10.3 Å². The van der Waals surface area contributed by atoms with Crippen molar-refractivity contribution in [2.45, 2.75) is 19.8 Å². The molecule has 0 saturated carbocycles. The van der Waals surface area contributed by atoms with Crippen molar-refractivity contribution in [2.24, 2.45) is 5.92 Å². The van der Waals surface area contributed by atoms with Gasteiger partial charge in [0.25, 0.3) is 0 Å². The van der Waals surface area contributed by atoms with Crippen LogP contribution in [0.1, 0.15) is 17.8 Å². The molecule has 5 nitrogen and oxygen atoms in total. The predicted octanol–water partition coefficient (Wildman–Crippen LogP) is 2.88. The summed E-state index contributed by atoms with van der Waals surface area (Å²) in [5.41, 5.74) is 2.65. The van der Waals surface area contributed by atoms with Crippen molar-refractivity contribution >= 4 is 32.8 Å². The molecule has 122 valence electrons. The van der Waals surface area contributed by atoms with Crippen LogP contribution in [0, 0.1) is 12.8 Å². The van der Waals surface area contributed by atoms with Crippen LogP contribution in [0.25, 0.3) is 11.3 Å². The third-order valence-corrected chi connectivity index (χ3v) is 6.49. The Morgan fingerprint density at radius 2 is 2.09 bits per heavy atom. The van der Waals surface area contributed by atoms with Gasteiger partial charge in [-0.25, -0.2) is 13.4 Å². The molecule has 1 aromatic heterocycles. The zero-order valence-electron chi connectivity index (χ0n) is 12.8. The first-order valence-corrected chi connectivity index (χ1v) is 10.1. The number of carbonyl (C=O) groups is 1. The summed E-state index contributed by atoms with van der Waals surface area (Å²) in [5, 5.41) is 5.85. The van der Waals surface area contributed by atoms with E-state index in [4.69, 9.17) is 0 Å². The maximum absolute atomic E-state index is 12.0. The Morgan fingerprint density at radius 3 is 2.65 bits per heavy atom. The van der Waals surface area contributed by atoms with Gasteiger partial charge in [-0.3, -0.25) is 4.79 Å². The Bertz CT molecular complexity index is 810. The van der Waals surface area contributed by atoms with Crippen LogP contribution in [0.4, 0.5) is 5.69 Å². The van der Waals surface area contributed by atoms with Crippen molar-refractivity contribution in [1.29, 1.82) is 0 Å². The van der Waals surface area contributed by atoms with Gasteiger partial charge in [0.05, 0.1) is 22.2 Å². The molecule has 3 rings (SSSR count). The molecule has 1 aromatic carbocycles. The summed E-state index contributed by atoms with van der Waals surface area (Å²) in [4.78, 5) is 16.4. The maximum Gasteiger partial charge on any atom is 0.224 e. The lowest BCUT2D eigenvalue weighted by molar-refractivity contribution is -0.116. The van der Waals surface area contributed by atoms with Gasteiger partial charge in [-0.1, -0.05) is 12.1 Å². The lowest BCUT2D eigenvalue weighted by Crippen LogP contribution is -2.17. The van der Waals surface area contributed by atoms with Crippen molar-refractivity contribution in [3.05, 3.63) is 34.7 Å². The summed E-state index contributed by atoms with van der Waals surface area (Å²) in [6.07, 6.45) is 0.837. The molecule has 1 aliphatic heterocycles. The first kappa shape index (κ1) is 16.1. The van der Waals surface area contributed by atoms with Crippen LogP contribution in [-0.4, -0.2) is 30.8 Å². The van der Waals surface area contributed by atoms with Crippen LogP contribution in [-0.2, 0) is 14.6 Å². The van der Waals surface area contributed by atoms with E-state index in [1.54, 1.807) is 11.3 Å². The van der Waals surface area contributed by atoms with E-state index in [0.29, 0.717) is 12.1 Å². The number of anilines is 1. The molecule has 1 saturated heterocycles. The quantitative estimate of drug-likeness (QED) is 0.920. The number of nitrogens with zero attached hydrogens (tertiary/aromatic N) is 1. The minimum atomic E-state index is -2.93. The number of aromatic nitrogens is 1. The van der Waals surface area contributed by atoms with Crippen LogP contribution >= 0.6 is 11.3 Å². The predicted molar refractivity (Wildman–Crippen MR) is 92.3 cm³/mol. The van der Waals surface area contributed by atoms with Crippen molar-refractivity contribution in [1.82, 2.24) is 4.98 Å². The molecular weight excluding hydrogens is 332 g/mol. The van der Waals surface area contributed by atoms with Gasteiger partial charge in [0.2, 0.25) is 5.91 Å². The zero-order chi connectivity index (χ0) is 16.4. The first-order chi connectivity index (χ1) is 10.9. The topological polar surface area (TPSA) is 76.1 Å². The maximum atomic E-state index is 12.0. The highest BCUT2D eigenvalue weighted by molar-refractivity contribution is 7.91. The van der Waals surface area contributed by atoms with Gasteiger partial charge in [0.1, 0.15) is 0 Å².